The first-order chi connectivity index (χ1) is 18.5. The summed E-state index contributed by atoms with van der Waals surface area (Å²) in [6, 6.07) is 0. The van der Waals surface area contributed by atoms with Crippen molar-refractivity contribution in [2.75, 3.05) is 26.4 Å². The van der Waals surface area contributed by atoms with Crippen molar-refractivity contribution in [2.45, 2.75) is 31.3 Å². The van der Waals surface area contributed by atoms with Crippen molar-refractivity contribution >= 4 is 35.5 Å². The number of aliphatic hydroxyl groups excluding tert-OH is 1. The molecule has 5 unspecified atom stereocenters. The van der Waals surface area contributed by atoms with Gasteiger partial charge in [0.15, 0.2) is 0 Å². The van der Waals surface area contributed by atoms with Crippen LogP contribution in [0.5, 0.6) is 0 Å². The van der Waals surface area contributed by atoms with Crippen molar-refractivity contribution in [3.05, 3.63) is 38.7 Å². The predicted molar refractivity (Wildman–Crippen MR) is 132 cm³/mol. The number of H-pyrrole nitrogens is 1. The fraction of sp³-hybridized carbons (Fsp3) is 0.500. The van der Waals surface area contributed by atoms with Gasteiger partial charge in [0.1, 0.15) is 18.9 Å². The number of aliphatic hydroxyl groups is 1. The van der Waals surface area contributed by atoms with E-state index in [-0.39, 0.29) is 44.1 Å². The summed E-state index contributed by atoms with van der Waals surface area (Å²) in [5, 5.41) is 12.8. The van der Waals surface area contributed by atoms with Crippen molar-refractivity contribution in [1.82, 2.24) is 14.9 Å². The molecule has 1 aliphatic heterocycles. The highest BCUT2D eigenvalue weighted by Crippen LogP contribution is 2.66. The maximum atomic E-state index is 12.3. The molecule has 0 saturated carbocycles. The Labute approximate surface area is 225 Å². The molecular weight excluding hydrogens is 607 g/mol. The second kappa shape index (κ2) is 14.6. The summed E-state index contributed by atoms with van der Waals surface area (Å²) in [5.41, 5.74) is -1.72. The summed E-state index contributed by atoms with van der Waals surface area (Å²) in [6.07, 6.45) is 4.65. The summed E-state index contributed by atoms with van der Waals surface area (Å²) >= 11 is 0. The third-order valence-corrected chi connectivity index (χ3v) is 8.50. The zero-order chi connectivity index (χ0) is 30.1. The maximum Gasteiger partial charge on any atom is 0.490 e. The van der Waals surface area contributed by atoms with Crippen LogP contribution in [0.15, 0.2) is 21.9 Å². The summed E-state index contributed by atoms with van der Waals surface area (Å²) in [4.78, 5) is 74.0. The van der Waals surface area contributed by atoms with Crippen LogP contribution >= 0.6 is 23.5 Å². The standard InChI is InChI=1S/C18H26N3O16P3/c1-2-7-33-8-5-15(23)19-6-3-4-12-10-21(18(25)20-17(12)24)16-9-13(22)14(35-16)11-34-39(29,30)37-40(31,32)36-38(26,27)28/h1,3-4,10,13-14,16,22H,5-9,11H2,(H,19,23)(H,29,30)(H,31,32)(H,20,24,25)(H2,26,27,28)/b4-3+. The molecule has 2 heterocycles. The predicted octanol–water partition coefficient (Wildman–Crippen LogP) is -1.30. The lowest BCUT2D eigenvalue weighted by atomic mass is 10.2. The van der Waals surface area contributed by atoms with Crippen LogP contribution in [0.4, 0.5) is 0 Å². The van der Waals surface area contributed by atoms with Crippen LogP contribution in [-0.2, 0) is 41.1 Å². The molecule has 5 atom stereocenters. The normalized spacial score (nSPS) is 22.4. The Bertz CT molecular complexity index is 1380. The largest absolute Gasteiger partial charge is 0.490 e. The van der Waals surface area contributed by atoms with Crippen LogP contribution in [0.3, 0.4) is 0 Å². The van der Waals surface area contributed by atoms with Gasteiger partial charge in [-0.2, -0.15) is 8.62 Å². The van der Waals surface area contributed by atoms with Gasteiger partial charge in [0.25, 0.3) is 5.56 Å². The molecule has 1 fully saturated rings. The Morgan fingerprint density at radius 2 is 1.93 bits per heavy atom. The molecule has 1 aromatic heterocycles. The van der Waals surface area contributed by atoms with E-state index in [2.05, 4.69) is 29.4 Å². The Morgan fingerprint density at radius 3 is 2.58 bits per heavy atom. The molecule has 2 rings (SSSR count). The fourth-order valence-corrected chi connectivity index (χ4v) is 6.11. The van der Waals surface area contributed by atoms with E-state index >= 15 is 0 Å². The molecule has 0 radical (unpaired) electrons. The quantitative estimate of drug-likeness (QED) is 0.0671. The second-order valence-electron chi connectivity index (χ2n) is 7.78. The van der Waals surface area contributed by atoms with E-state index < -0.39 is 59.8 Å². The Morgan fingerprint density at radius 1 is 1.23 bits per heavy atom. The van der Waals surface area contributed by atoms with Crippen molar-refractivity contribution in [1.29, 1.82) is 0 Å². The number of carbonyl (C=O) groups is 1. The zero-order valence-electron chi connectivity index (χ0n) is 20.3. The van der Waals surface area contributed by atoms with E-state index in [0.29, 0.717) is 0 Å². The summed E-state index contributed by atoms with van der Waals surface area (Å²) in [6.45, 7) is -0.713. The Kier molecular flexibility index (Phi) is 12.4. The molecule has 1 aromatic rings. The monoisotopic (exact) mass is 633 g/mol. The molecule has 1 aliphatic rings. The van der Waals surface area contributed by atoms with Gasteiger partial charge in [-0.15, -0.1) is 6.42 Å². The maximum absolute atomic E-state index is 12.3. The average Bonchev–Trinajstić information content (AvgIpc) is 3.17. The molecule has 19 nitrogen and oxygen atoms in total. The van der Waals surface area contributed by atoms with Gasteiger partial charge < -0.3 is 39.5 Å². The number of aromatic amines is 1. The van der Waals surface area contributed by atoms with E-state index in [1.165, 1.54) is 12.2 Å². The third-order valence-electron chi connectivity index (χ3n) is 4.70. The molecule has 22 heteroatoms. The second-order valence-corrected chi connectivity index (χ2v) is 12.2. The van der Waals surface area contributed by atoms with Gasteiger partial charge in [0.2, 0.25) is 5.91 Å². The number of terminal acetylenes is 1. The number of nitrogens with one attached hydrogen (secondary N) is 2. The summed E-state index contributed by atoms with van der Waals surface area (Å²) in [7, 11) is -16.8. The van der Waals surface area contributed by atoms with E-state index in [0.717, 1.165) is 10.8 Å². The average molecular weight is 633 g/mol. The van der Waals surface area contributed by atoms with Crippen molar-refractivity contribution in [2.24, 2.45) is 0 Å². The van der Waals surface area contributed by atoms with E-state index in [1.54, 1.807) is 0 Å². The highest BCUT2D eigenvalue weighted by atomic mass is 31.3. The number of hydrogen-bond donors (Lipinski definition) is 7. The van der Waals surface area contributed by atoms with E-state index in [1.807, 2.05) is 0 Å². The zero-order valence-corrected chi connectivity index (χ0v) is 23.0. The minimum Gasteiger partial charge on any atom is -0.390 e. The minimum atomic E-state index is -5.74. The van der Waals surface area contributed by atoms with Gasteiger partial charge in [-0.25, -0.2) is 18.5 Å². The third kappa shape index (κ3) is 11.7. The first-order valence-corrected chi connectivity index (χ1v) is 15.5. The molecule has 7 N–H and O–H groups in total. The smallest absolute Gasteiger partial charge is 0.390 e. The molecule has 1 saturated heterocycles. The minimum absolute atomic E-state index is 0.0268. The molecule has 0 aliphatic carbocycles. The number of carbonyl (C=O) groups excluding carboxylic acids is 1. The highest BCUT2D eigenvalue weighted by molar-refractivity contribution is 7.66. The molecule has 0 spiro atoms. The van der Waals surface area contributed by atoms with Gasteiger partial charge in [-0.3, -0.25) is 23.7 Å². The van der Waals surface area contributed by atoms with E-state index in [9.17, 15) is 43.0 Å². The first-order valence-electron chi connectivity index (χ1n) is 10.9. The number of nitrogens with zero attached hydrogens (tertiary/aromatic N) is 1. The SMILES string of the molecule is C#CCOCCC(=O)NC/C=C/c1cn(C2CC(O)C(COP(=O)(O)OP(=O)(O)OP(=O)(O)O)O2)c(=O)[nH]c1=O. The van der Waals surface area contributed by atoms with Crippen LogP contribution < -0.4 is 16.6 Å². The highest BCUT2D eigenvalue weighted by Gasteiger charge is 2.43. The number of phosphoric ester groups is 1. The lowest BCUT2D eigenvalue weighted by Crippen LogP contribution is -2.33. The molecule has 40 heavy (non-hydrogen) atoms. The van der Waals surface area contributed by atoms with Crippen LogP contribution in [0.1, 0.15) is 24.6 Å². The van der Waals surface area contributed by atoms with Crippen LogP contribution in [0, 0.1) is 12.3 Å². The Balaban J connectivity index is 1.99. The van der Waals surface area contributed by atoms with Gasteiger partial charge in [-0.1, -0.05) is 18.1 Å². The molecule has 0 aromatic carbocycles. The van der Waals surface area contributed by atoms with Crippen LogP contribution in [-0.4, -0.2) is 78.7 Å². The first kappa shape index (κ1) is 33.9. The van der Waals surface area contributed by atoms with Crippen molar-refractivity contribution in [3.63, 3.8) is 0 Å². The van der Waals surface area contributed by atoms with Gasteiger partial charge in [-0.05, 0) is 0 Å². The molecular formula is C18H26N3O16P3. The fourth-order valence-electron chi connectivity index (χ4n) is 3.08. The van der Waals surface area contributed by atoms with Crippen molar-refractivity contribution < 1.29 is 65.8 Å². The number of ether oxygens (including phenoxy) is 2. The van der Waals surface area contributed by atoms with Crippen molar-refractivity contribution in [3.8, 4) is 12.3 Å². The molecule has 224 valence electrons. The number of phosphoric acid groups is 3. The summed E-state index contributed by atoms with van der Waals surface area (Å²) < 4.78 is 56.9. The van der Waals surface area contributed by atoms with E-state index in [4.69, 9.17) is 25.7 Å². The van der Waals surface area contributed by atoms with Gasteiger partial charge in [0.05, 0.1) is 31.3 Å². The summed E-state index contributed by atoms with van der Waals surface area (Å²) in [5.74, 6) is 1.92. The molecule has 0 bridgehead atoms. The topological polar surface area (TPSA) is 282 Å². The number of aromatic nitrogens is 2. The molecule has 1 amide bonds. The van der Waals surface area contributed by atoms with Crippen LogP contribution in [0.2, 0.25) is 0 Å². The van der Waals surface area contributed by atoms with Gasteiger partial charge in [0, 0.05) is 19.2 Å². The number of hydrogen-bond acceptors (Lipinski definition) is 12. The van der Waals surface area contributed by atoms with Crippen LogP contribution in [0.25, 0.3) is 6.08 Å². The number of rotatable bonds is 15. The lowest BCUT2D eigenvalue weighted by Gasteiger charge is -2.19. The van der Waals surface area contributed by atoms with Gasteiger partial charge >= 0.3 is 29.2 Å². The number of amides is 1. The lowest BCUT2D eigenvalue weighted by molar-refractivity contribution is -0.121. The Hall–Kier alpha value is -2.26.